The topological polar surface area (TPSA) is 24.5 Å². The van der Waals surface area contributed by atoms with E-state index in [0.717, 1.165) is 37.0 Å². The molecule has 3 nitrogen and oxygen atoms in total. The Hall–Kier alpha value is -0.770. The predicted molar refractivity (Wildman–Crippen MR) is 67.2 cm³/mol. The van der Waals surface area contributed by atoms with Gasteiger partial charge in [0.2, 0.25) is 0 Å². The van der Waals surface area contributed by atoms with E-state index in [4.69, 9.17) is 16.3 Å². The molecule has 0 aliphatic carbocycles. The first-order valence-corrected chi connectivity index (χ1v) is 5.91. The van der Waals surface area contributed by atoms with Gasteiger partial charge in [-0.3, -0.25) is 0 Å². The maximum absolute atomic E-state index is 5.91. The van der Waals surface area contributed by atoms with Crippen LogP contribution in [0.3, 0.4) is 0 Å². The monoisotopic (exact) mass is 240 g/mol. The summed E-state index contributed by atoms with van der Waals surface area (Å²) >= 11 is 5.91. The van der Waals surface area contributed by atoms with Crippen molar-refractivity contribution in [3.63, 3.8) is 0 Å². The number of benzene rings is 1. The van der Waals surface area contributed by atoms with Crippen LogP contribution in [0.15, 0.2) is 24.3 Å². The summed E-state index contributed by atoms with van der Waals surface area (Å²) in [6.07, 6.45) is 0.262. The zero-order chi connectivity index (χ0) is 11.4. The molecule has 1 aromatic carbocycles. The maximum atomic E-state index is 5.91. The number of hydrogen-bond acceptors (Lipinski definition) is 3. The van der Waals surface area contributed by atoms with Crippen molar-refractivity contribution in [2.24, 2.45) is 0 Å². The number of likely N-dealkylation sites (N-methyl/N-ethyl adjacent to an activating group) is 1. The highest BCUT2D eigenvalue weighted by Crippen LogP contribution is 2.15. The van der Waals surface area contributed by atoms with Crippen molar-refractivity contribution in [3.05, 3.63) is 29.3 Å². The summed E-state index contributed by atoms with van der Waals surface area (Å²) in [6.45, 7) is 3.64. The Kier molecular flexibility index (Phi) is 4.04. The van der Waals surface area contributed by atoms with Gasteiger partial charge in [-0.15, -0.1) is 0 Å². The lowest BCUT2D eigenvalue weighted by atomic mass is 10.2. The molecular formula is C12H17ClN2O. The number of nitrogens with one attached hydrogen (secondary N) is 1. The minimum Gasteiger partial charge on any atom is -0.382 e. The molecule has 1 heterocycles. The van der Waals surface area contributed by atoms with Crippen LogP contribution in [0.4, 0.5) is 5.69 Å². The van der Waals surface area contributed by atoms with Crippen LogP contribution in [-0.4, -0.2) is 44.3 Å². The van der Waals surface area contributed by atoms with Crippen LogP contribution in [0, 0.1) is 0 Å². The van der Waals surface area contributed by atoms with Crippen LogP contribution in [0.1, 0.15) is 0 Å². The summed E-state index contributed by atoms with van der Waals surface area (Å²) in [5.74, 6) is 0. The van der Waals surface area contributed by atoms with E-state index in [1.54, 1.807) is 0 Å². The maximum Gasteiger partial charge on any atom is 0.0874 e. The molecule has 0 spiro atoms. The lowest BCUT2D eigenvalue weighted by molar-refractivity contribution is -0.0117. The number of nitrogens with zero attached hydrogens (tertiary/aromatic N) is 1. The van der Waals surface area contributed by atoms with Crippen molar-refractivity contribution in [3.8, 4) is 0 Å². The normalized spacial score (nSPS) is 22.0. The molecule has 1 N–H and O–H groups in total. The van der Waals surface area contributed by atoms with Crippen LogP contribution in [-0.2, 0) is 4.74 Å². The van der Waals surface area contributed by atoms with Crippen LogP contribution < -0.4 is 5.32 Å². The van der Waals surface area contributed by atoms with Gasteiger partial charge in [0.1, 0.15) is 0 Å². The van der Waals surface area contributed by atoms with Crippen molar-refractivity contribution in [1.82, 2.24) is 4.90 Å². The largest absolute Gasteiger partial charge is 0.382 e. The summed E-state index contributed by atoms with van der Waals surface area (Å²) in [6, 6.07) is 7.75. The summed E-state index contributed by atoms with van der Waals surface area (Å²) in [4.78, 5) is 2.29. The first kappa shape index (κ1) is 11.7. The molecule has 0 amide bonds. The summed E-state index contributed by atoms with van der Waals surface area (Å²) in [7, 11) is 2.12. The summed E-state index contributed by atoms with van der Waals surface area (Å²) < 4.78 is 5.66. The number of ether oxygens (including phenoxy) is 1. The number of rotatable bonds is 3. The second-order valence-corrected chi connectivity index (χ2v) is 4.58. The van der Waals surface area contributed by atoms with E-state index in [0.29, 0.717) is 0 Å². The van der Waals surface area contributed by atoms with E-state index in [1.807, 2.05) is 24.3 Å². The molecule has 1 aliphatic rings. The van der Waals surface area contributed by atoms with Gasteiger partial charge < -0.3 is 15.0 Å². The average molecular weight is 241 g/mol. The zero-order valence-electron chi connectivity index (χ0n) is 9.45. The summed E-state index contributed by atoms with van der Waals surface area (Å²) in [5.41, 5.74) is 1.05. The molecule has 16 heavy (non-hydrogen) atoms. The van der Waals surface area contributed by atoms with Gasteiger partial charge in [-0.1, -0.05) is 17.7 Å². The fourth-order valence-electron chi connectivity index (χ4n) is 1.82. The first-order chi connectivity index (χ1) is 7.74. The van der Waals surface area contributed by atoms with Gasteiger partial charge in [-0.2, -0.15) is 0 Å². The third-order valence-electron chi connectivity index (χ3n) is 2.70. The number of hydrogen-bond donors (Lipinski definition) is 1. The van der Waals surface area contributed by atoms with Crippen molar-refractivity contribution in [2.75, 3.05) is 38.6 Å². The van der Waals surface area contributed by atoms with Gasteiger partial charge >= 0.3 is 0 Å². The second-order valence-electron chi connectivity index (χ2n) is 4.15. The van der Waals surface area contributed by atoms with Crippen LogP contribution in [0.2, 0.25) is 5.02 Å². The molecule has 0 saturated carbocycles. The fourth-order valence-corrected chi connectivity index (χ4v) is 2.01. The Bertz CT molecular complexity index is 346. The van der Waals surface area contributed by atoms with Gasteiger partial charge in [0.05, 0.1) is 12.7 Å². The molecule has 1 fully saturated rings. The van der Waals surface area contributed by atoms with E-state index in [1.165, 1.54) is 0 Å². The standard InChI is InChI=1S/C12H17ClN2O/c1-15-5-6-16-12(9-15)8-14-11-4-2-3-10(13)7-11/h2-4,7,12,14H,5-6,8-9H2,1H3. The van der Waals surface area contributed by atoms with Crippen molar-refractivity contribution >= 4 is 17.3 Å². The minimum absolute atomic E-state index is 0.262. The smallest absolute Gasteiger partial charge is 0.0874 e. The van der Waals surface area contributed by atoms with E-state index in [9.17, 15) is 0 Å². The summed E-state index contributed by atoms with van der Waals surface area (Å²) in [5, 5.41) is 4.10. The number of anilines is 1. The Balaban J connectivity index is 1.82. The number of morpholine rings is 1. The lowest BCUT2D eigenvalue weighted by Gasteiger charge is -2.30. The Morgan fingerprint density at radius 3 is 3.19 bits per heavy atom. The fraction of sp³-hybridized carbons (Fsp3) is 0.500. The van der Waals surface area contributed by atoms with Crippen LogP contribution in [0.25, 0.3) is 0 Å². The molecule has 2 rings (SSSR count). The number of halogens is 1. The van der Waals surface area contributed by atoms with E-state index < -0.39 is 0 Å². The molecule has 1 saturated heterocycles. The molecule has 0 radical (unpaired) electrons. The zero-order valence-corrected chi connectivity index (χ0v) is 10.2. The highest BCUT2D eigenvalue weighted by molar-refractivity contribution is 6.30. The lowest BCUT2D eigenvalue weighted by Crippen LogP contribution is -2.43. The van der Waals surface area contributed by atoms with Gasteiger partial charge in [-0.05, 0) is 25.2 Å². The predicted octanol–water partition coefficient (Wildman–Crippen LogP) is 2.08. The second kappa shape index (κ2) is 5.53. The molecule has 1 atom stereocenters. The van der Waals surface area contributed by atoms with Gasteiger partial charge in [-0.25, -0.2) is 0 Å². The SMILES string of the molecule is CN1CCOC(CNc2cccc(Cl)c2)C1. The minimum atomic E-state index is 0.262. The molecule has 88 valence electrons. The highest BCUT2D eigenvalue weighted by Gasteiger charge is 2.16. The molecule has 0 bridgehead atoms. The molecule has 1 aromatic rings. The molecule has 0 aromatic heterocycles. The third-order valence-corrected chi connectivity index (χ3v) is 2.94. The van der Waals surface area contributed by atoms with Crippen LogP contribution in [0.5, 0.6) is 0 Å². The molecule has 1 aliphatic heterocycles. The molecular weight excluding hydrogens is 224 g/mol. The average Bonchev–Trinajstić information content (AvgIpc) is 2.27. The third kappa shape index (κ3) is 3.37. The van der Waals surface area contributed by atoms with E-state index >= 15 is 0 Å². The Morgan fingerprint density at radius 1 is 1.56 bits per heavy atom. The highest BCUT2D eigenvalue weighted by atomic mass is 35.5. The van der Waals surface area contributed by atoms with Crippen LogP contribution >= 0.6 is 11.6 Å². The first-order valence-electron chi connectivity index (χ1n) is 5.53. The van der Waals surface area contributed by atoms with Gasteiger partial charge in [0.25, 0.3) is 0 Å². The van der Waals surface area contributed by atoms with Crippen molar-refractivity contribution < 1.29 is 4.74 Å². The van der Waals surface area contributed by atoms with Crippen molar-refractivity contribution in [2.45, 2.75) is 6.10 Å². The van der Waals surface area contributed by atoms with Gasteiger partial charge in [0.15, 0.2) is 0 Å². The quantitative estimate of drug-likeness (QED) is 0.876. The molecule has 1 unspecified atom stereocenters. The molecule has 4 heteroatoms. The Morgan fingerprint density at radius 2 is 2.44 bits per heavy atom. The van der Waals surface area contributed by atoms with Gasteiger partial charge in [0, 0.05) is 30.3 Å². The Labute approximate surface area is 101 Å². The van der Waals surface area contributed by atoms with E-state index in [-0.39, 0.29) is 6.10 Å². The van der Waals surface area contributed by atoms with Crippen molar-refractivity contribution in [1.29, 1.82) is 0 Å². The van der Waals surface area contributed by atoms with E-state index in [2.05, 4.69) is 17.3 Å².